The van der Waals surface area contributed by atoms with Gasteiger partial charge in [0.15, 0.2) is 0 Å². The molecule has 0 aliphatic heterocycles. The molecular weight excluding hydrogens is 314 g/mol. The molecule has 0 spiro atoms. The van der Waals surface area contributed by atoms with Crippen LogP contribution in [0.3, 0.4) is 0 Å². The average Bonchev–Trinajstić information content (AvgIpc) is 2.56. The van der Waals surface area contributed by atoms with Crippen molar-refractivity contribution in [3.05, 3.63) is 59.7 Å². The first-order valence-electron chi connectivity index (χ1n) is 8.42. The zero-order valence-corrected chi connectivity index (χ0v) is 14.9. The minimum Gasteiger partial charge on any atom is -0.341 e. The SMILES string of the molecule is CNC(=O)Nc1cccc(NC(=O)Cc2ccc(CC(C)C)cc2)c1. The molecule has 0 saturated heterocycles. The summed E-state index contributed by atoms with van der Waals surface area (Å²) in [6, 6.07) is 14.9. The van der Waals surface area contributed by atoms with Gasteiger partial charge in [-0.05, 0) is 41.7 Å². The number of anilines is 2. The first-order chi connectivity index (χ1) is 12.0. The van der Waals surface area contributed by atoms with Crippen LogP contribution in [-0.4, -0.2) is 19.0 Å². The second-order valence-corrected chi connectivity index (χ2v) is 6.42. The Labute approximate surface area is 148 Å². The van der Waals surface area contributed by atoms with Gasteiger partial charge in [-0.3, -0.25) is 4.79 Å². The fourth-order valence-electron chi connectivity index (χ4n) is 2.52. The number of hydrogen-bond acceptors (Lipinski definition) is 2. The quantitative estimate of drug-likeness (QED) is 0.749. The smallest absolute Gasteiger partial charge is 0.318 e. The lowest BCUT2D eigenvalue weighted by Gasteiger charge is -2.09. The molecule has 132 valence electrons. The number of rotatable bonds is 6. The number of hydrogen-bond donors (Lipinski definition) is 3. The van der Waals surface area contributed by atoms with Crippen molar-refractivity contribution in [2.24, 2.45) is 5.92 Å². The Kier molecular flexibility index (Phi) is 6.57. The van der Waals surface area contributed by atoms with Gasteiger partial charge in [0, 0.05) is 18.4 Å². The summed E-state index contributed by atoms with van der Waals surface area (Å²) in [5.41, 5.74) is 3.53. The molecule has 0 aliphatic rings. The molecule has 2 aromatic rings. The largest absolute Gasteiger partial charge is 0.341 e. The van der Waals surface area contributed by atoms with Gasteiger partial charge in [-0.25, -0.2) is 4.79 Å². The average molecular weight is 339 g/mol. The summed E-state index contributed by atoms with van der Waals surface area (Å²) < 4.78 is 0. The van der Waals surface area contributed by atoms with Gasteiger partial charge < -0.3 is 16.0 Å². The molecule has 5 heteroatoms. The first kappa shape index (κ1) is 18.5. The molecule has 25 heavy (non-hydrogen) atoms. The summed E-state index contributed by atoms with van der Waals surface area (Å²) in [7, 11) is 1.55. The van der Waals surface area contributed by atoms with Gasteiger partial charge in [0.2, 0.25) is 5.91 Å². The van der Waals surface area contributed by atoms with Gasteiger partial charge in [-0.2, -0.15) is 0 Å². The normalized spacial score (nSPS) is 10.4. The van der Waals surface area contributed by atoms with E-state index in [0.29, 0.717) is 23.7 Å². The van der Waals surface area contributed by atoms with Crippen LogP contribution < -0.4 is 16.0 Å². The van der Waals surface area contributed by atoms with Crippen molar-refractivity contribution in [1.29, 1.82) is 0 Å². The van der Waals surface area contributed by atoms with Crippen molar-refractivity contribution in [1.82, 2.24) is 5.32 Å². The highest BCUT2D eigenvalue weighted by Gasteiger charge is 2.06. The summed E-state index contributed by atoms with van der Waals surface area (Å²) in [5.74, 6) is 0.526. The van der Waals surface area contributed by atoms with Crippen LogP contribution in [0.15, 0.2) is 48.5 Å². The summed E-state index contributed by atoms with van der Waals surface area (Å²) in [5, 5.41) is 8.02. The first-order valence-corrected chi connectivity index (χ1v) is 8.42. The maximum absolute atomic E-state index is 12.2. The van der Waals surface area contributed by atoms with Crippen LogP contribution in [0, 0.1) is 5.92 Å². The molecule has 3 amide bonds. The minimum absolute atomic E-state index is 0.0892. The van der Waals surface area contributed by atoms with E-state index in [1.54, 1.807) is 31.3 Å². The van der Waals surface area contributed by atoms with Crippen LogP contribution in [0.2, 0.25) is 0 Å². The molecule has 0 unspecified atom stereocenters. The van der Waals surface area contributed by atoms with Gasteiger partial charge >= 0.3 is 6.03 Å². The topological polar surface area (TPSA) is 70.2 Å². The van der Waals surface area contributed by atoms with Crippen molar-refractivity contribution >= 4 is 23.3 Å². The molecule has 0 aromatic heterocycles. The maximum atomic E-state index is 12.2. The second kappa shape index (κ2) is 8.87. The molecule has 0 radical (unpaired) electrons. The summed E-state index contributed by atoms with van der Waals surface area (Å²) in [6.45, 7) is 4.38. The minimum atomic E-state index is -0.301. The third-order valence-corrected chi connectivity index (χ3v) is 3.66. The Morgan fingerprint density at radius 2 is 1.52 bits per heavy atom. The van der Waals surface area contributed by atoms with E-state index >= 15 is 0 Å². The Bertz CT molecular complexity index is 724. The zero-order valence-electron chi connectivity index (χ0n) is 14.9. The fraction of sp³-hybridized carbons (Fsp3) is 0.300. The Hall–Kier alpha value is -2.82. The van der Waals surface area contributed by atoms with Crippen molar-refractivity contribution in [2.45, 2.75) is 26.7 Å². The molecule has 0 aliphatic carbocycles. The van der Waals surface area contributed by atoms with Crippen molar-refractivity contribution in [3.8, 4) is 0 Å². The number of urea groups is 1. The third-order valence-electron chi connectivity index (χ3n) is 3.66. The van der Waals surface area contributed by atoms with E-state index in [2.05, 4.69) is 41.9 Å². The van der Waals surface area contributed by atoms with Gasteiger partial charge in [-0.1, -0.05) is 44.2 Å². The standard InChI is InChI=1S/C20H25N3O2/c1-14(2)11-15-7-9-16(10-8-15)12-19(24)22-17-5-4-6-18(13-17)23-20(25)21-3/h4-10,13-14H,11-12H2,1-3H3,(H,22,24)(H2,21,23,25). The summed E-state index contributed by atoms with van der Waals surface area (Å²) in [6.07, 6.45) is 1.35. The van der Waals surface area contributed by atoms with E-state index < -0.39 is 0 Å². The van der Waals surface area contributed by atoms with E-state index in [0.717, 1.165) is 12.0 Å². The number of nitrogens with one attached hydrogen (secondary N) is 3. The van der Waals surface area contributed by atoms with Gasteiger partial charge in [-0.15, -0.1) is 0 Å². The molecule has 0 atom stereocenters. The Morgan fingerprint density at radius 3 is 2.12 bits per heavy atom. The maximum Gasteiger partial charge on any atom is 0.318 e. The van der Waals surface area contributed by atoms with Crippen molar-refractivity contribution < 1.29 is 9.59 Å². The third kappa shape index (κ3) is 6.30. The predicted molar refractivity (Wildman–Crippen MR) is 102 cm³/mol. The number of amides is 3. The van der Waals surface area contributed by atoms with E-state index in [-0.39, 0.29) is 11.9 Å². The van der Waals surface area contributed by atoms with Crippen LogP contribution in [-0.2, 0) is 17.6 Å². The molecule has 0 bridgehead atoms. The highest BCUT2D eigenvalue weighted by Crippen LogP contribution is 2.16. The van der Waals surface area contributed by atoms with E-state index in [9.17, 15) is 9.59 Å². The number of carbonyl (C=O) groups excluding carboxylic acids is 2. The van der Waals surface area contributed by atoms with Crippen molar-refractivity contribution in [3.63, 3.8) is 0 Å². The highest BCUT2D eigenvalue weighted by molar-refractivity contribution is 5.94. The molecule has 0 fully saturated rings. The van der Waals surface area contributed by atoms with Gasteiger partial charge in [0.05, 0.1) is 6.42 Å². The predicted octanol–water partition coefficient (Wildman–Crippen LogP) is 3.82. The second-order valence-electron chi connectivity index (χ2n) is 6.42. The monoisotopic (exact) mass is 339 g/mol. The molecular formula is C20H25N3O2. The lowest BCUT2D eigenvalue weighted by atomic mass is 10.0. The Balaban J connectivity index is 1.93. The number of carbonyl (C=O) groups is 2. The van der Waals surface area contributed by atoms with Gasteiger partial charge in [0.25, 0.3) is 0 Å². The molecule has 5 nitrogen and oxygen atoms in total. The lowest BCUT2D eigenvalue weighted by Crippen LogP contribution is -2.24. The molecule has 2 rings (SSSR count). The summed E-state index contributed by atoms with van der Waals surface area (Å²) in [4.78, 5) is 23.6. The molecule has 3 N–H and O–H groups in total. The van der Waals surface area contributed by atoms with Crippen LogP contribution in [0.25, 0.3) is 0 Å². The Morgan fingerprint density at radius 1 is 0.920 bits per heavy atom. The van der Waals surface area contributed by atoms with E-state index in [1.165, 1.54) is 5.56 Å². The van der Waals surface area contributed by atoms with E-state index in [1.807, 2.05) is 12.1 Å². The van der Waals surface area contributed by atoms with Crippen LogP contribution in [0.4, 0.5) is 16.2 Å². The zero-order chi connectivity index (χ0) is 18.2. The van der Waals surface area contributed by atoms with Crippen LogP contribution >= 0.6 is 0 Å². The van der Waals surface area contributed by atoms with Gasteiger partial charge in [0.1, 0.15) is 0 Å². The highest BCUT2D eigenvalue weighted by atomic mass is 16.2. The lowest BCUT2D eigenvalue weighted by molar-refractivity contribution is -0.115. The van der Waals surface area contributed by atoms with Crippen LogP contribution in [0.5, 0.6) is 0 Å². The fourth-order valence-corrected chi connectivity index (χ4v) is 2.52. The molecule has 2 aromatic carbocycles. The number of benzene rings is 2. The van der Waals surface area contributed by atoms with Crippen LogP contribution in [0.1, 0.15) is 25.0 Å². The molecule has 0 saturated carbocycles. The summed E-state index contributed by atoms with van der Waals surface area (Å²) >= 11 is 0. The van der Waals surface area contributed by atoms with E-state index in [4.69, 9.17) is 0 Å². The van der Waals surface area contributed by atoms with Crippen molar-refractivity contribution in [2.75, 3.05) is 17.7 Å². The molecule has 0 heterocycles.